The number of alkyl halides is 1. The second-order valence-electron chi connectivity index (χ2n) is 5.12. The van der Waals surface area contributed by atoms with Crippen LogP contribution in [0.25, 0.3) is 22.6 Å². The van der Waals surface area contributed by atoms with Gasteiger partial charge < -0.3 is 0 Å². The molecule has 0 fully saturated rings. The van der Waals surface area contributed by atoms with Crippen molar-refractivity contribution in [1.29, 1.82) is 0 Å². The molecule has 112 valence electrons. The number of benzene rings is 2. The van der Waals surface area contributed by atoms with Crippen LogP contribution >= 0.6 is 0 Å². The maximum absolute atomic E-state index is 3.91. The molecule has 3 rings (SSSR count). The number of allylic oxidation sites excluding steroid dienone is 1. The summed E-state index contributed by atoms with van der Waals surface area (Å²) < 4.78 is 2.51. The van der Waals surface area contributed by atoms with Crippen LogP contribution in [0.1, 0.15) is 12.5 Å². The van der Waals surface area contributed by atoms with Gasteiger partial charge in [0, 0.05) is 0 Å². The molecule has 0 bridgehead atoms. The Labute approximate surface area is 141 Å². The monoisotopic (exact) mass is 400 g/mol. The van der Waals surface area contributed by atoms with Crippen LogP contribution in [0.3, 0.4) is 0 Å². The standard InChI is InChI=1S/C20H19IN/c1-4-10-18-17-13-8-9-14-19(17)22(21-3)20(18)15(2)16-11-6-5-7-12-16/h4-14H,1H2,2-3H3/q-1/b18-10-,20-15-. The van der Waals surface area contributed by atoms with E-state index in [0.29, 0.717) is 0 Å². The maximum atomic E-state index is 3.91. The van der Waals surface area contributed by atoms with Crippen LogP contribution in [0.2, 0.25) is 0 Å². The average molecular weight is 400 g/mol. The number of nitrogens with zero attached hydrogens (tertiary/aromatic N) is 1. The summed E-state index contributed by atoms with van der Waals surface area (Å²) in [5.74, 6) is 0. The normalized spacial score (nSPS) is 13.6. The van der Waals surface area contributed by atoms with Crippen LogP contribution in [0, 0.1) is 0 Å². The summed E-state index contributed by atoms with van der Waals surface area (Å²) in [6, 6.07) is 19.3. The van der Waals surface area contributed by atoms with E-state index in [9.17, 15) is 0 Å². The third-order valence-electron chi connectivity index (χ3n) is 3.87. The first-order chi connectivity index (χ1) is 10.8. The van der Waals surface area contributed by atoms with Gasteiger partial charge in [0.1, 0.15) is 0 Å². The minimum absolute atomic E-state index is 0.0891. The van der Waals surface area contributed by atoms with Gasteiger partial charge in [0.15, 0.2) is 0 Å². The molecule has 1 aromatic heterocycles. The number of hydrogen-bond acceptors (Lipinski definition) is 0. The Morgan fingerprint density at radius 2 is 1.73 bits per heavy atom. The van der Waals surface area contributed by atoms with Crippen molar-refractivity contribution in [3.8, 4) is 0 Å². The van der Waals surface area contributed by atoms with Crippen molar-refractivity contribution < 1.29 is 21.5 Å². The van der Waals surface area contributed by atoms with Gasteiger partial charge in [-0.1, -0.05) is 0 Å². The molecule has 2 aromatic carbocycles. The molecule has 0 N–H and O–H groups in total. The molecule has 0 amide bonds. The summed E-state index contributed by atoms with van der Waals surface area (Å²) in [5.41, 5.74) is 3.94. The SMILES string of the molecule is C=C/C=c1\c(=C(/C)c2ccccc2)n([I-]C)c2ccccc12. The summed E-state index contributed by atoms with van der Waals surface area (Å²) in [4.78, 5) is 2.31. The van der Waals surface area contributed by atoms with Crippen LogP contribution in [-0.4, -0.2) is 7.71 Å². The second-order valence-corrected chi connectivity index (χ2v) is 7.05. The molecule has 22 heavy (non-hydrogen) atoms. The van der Waals surface area contributed by atoms with Gasteiger partial charge in [-0.2, -0.15) is 0 Å². The molecule has 2 heteroatoms. The quantitative estimate of drug-likeness (QED) is 0.441. The molecule has 0 atom stereocenters. The van der Waals surface area contributed by atoms with E-state index in [4.69, 9.17) is 0 Å². The van der Waals surface area contributed by atoms with E-state index in [1.54, 1.807) is 0 Å². The van der Waals surface area contributed by atoms with Gasteiger partial charge >= 0.3 is 142 Å². The van der Waals surface area contributed by atoms with Crippen molar-refractivity contribution in [1.82, 2.24) is 2.78 Å². The molecule has 1 nitrogen and oxygen atoms in total. The molecule has 0 aliphatic carbocycles. The average Bonchev–Trinajstić information content (AvgIpc) is 2.89. The summed E-state index contributed by atoms with van der Waals surface area (Å²) in [5, 5.41) is 3.94. The fourth-order valence-electron chi connectivity index (χ4n) is 2.86. The fourth-order valence-corrected chi connectivity index (χ4v) is 4.91. The van der Waals surface area contributed by atoms with E-state index < -0.39 is 0 Å². The Morgan fingerprint density at radius 3 is 2.41 bits per heavy atom. The fraction of sp³-hybridized carbons (Fsp3) is 0.100. The first-order valence-corrected chi connectivity index (χ1v) is 10.4. The first kappa shape index (κ1) is 15.1. The third kappa shape index (κ3) is 2.52. The number of para-hydroxylation sites is 1. The number of aromatic nitrogens is 1. The zero-order chi connectivity index (χ0) is 15.5. The van der Waals surface area contributed by atoms with Crippen molar-refractivity contribution in [2.24, 2.45) is 0 Å². The molecule has 0 aliphatic heterocycles. The molecule has 0 saturated heterocycles. The van der Waals surface area contributed by atoms with Gasteiger partial charge in [-0.05, 0) is 0 Å². The molecule has 0 aliphatic rings. The van der Waals surface area contributed by atoms with Crippen LogP contribution in [0.5, 0.6) is 0 Å². The number of halogens is 1. The molecule has 0 radical (unpaired) electrons. The summed E-state index contributed by atoms with van der Waals surface area (Å²) in [7, 11) is 0. The minimum atomic E-state index is -0.0891. The number of rotatable bonds is 3. The molecular formula is C20H19IN-. The Balaban J connectivity index is 2.56. The zero-order valence-electron chi connectivity index (χ0n) is 12.9. The van der Waals surface area contributed by atoms with Crippen molar-refractivity contribution in [3.63, 3.8) is 0 Å². The Bertz CT molecular complexity index is 933. The van der Waals surface area contributed by atoms with Gasteiger partial charge in [0.2, 0.25) is 0 Å². The van der Waals surface area contributed by atoms with Gasteiger partial charge in [-0.25, -0.2) is 0 Å². The Hall–Kier alpha value is -1.81. The van der Waals surface area contributed by atoms with Crippen molar-refractivity contribution in [2.75, 3.05) is 4.93 Å². The van der Waals surface area contributed by atoms with Gasteiger partial charge in [-0.15, -0.1) is 0 Å². The summed E-state index contributed by atoms with van der Waals surface area (Å²) >= 11 is -0.0891. The Morgan fingerprint density at radius 1 is 1.05 bits per heavy atom. The van der Waals surface area contributed by atoms with Gasteiger partial charge in [0.25, 0.3) is 0 Å². The van der Waals surface area contributed by atoms with Crippen molar-refractivity contribution in [2.45, 2.75) is 6.92 Å². The zero-order valence-corrected chi connectivity index (χ0v) is 15.0. The summed E-state index contributed by atoms with van der Waals surface area (Å²) in [6.45, 7) is 6.13. The van der Waals surface area contributed by atoms with E-state index in [0.717, 1.165) is 0 Å². The van der Waals surface area contributed by atoms with Gasteiger partial charge in [-0.3, -0.25) is 0 Å². The molecule has 3 aromatic rings. The Kier molecular flexibility index (Phi) is 4.48. The molecule has 0 saturated carbocycles. The molecule has 0 spiro atoms. The molecular weight excluding hydrogens is 381 g/mol. The molecule has 1 heterocycles. The van der Waals surface area contributed by atoms with Crippen LogP contribution < -0.4 is 32.0 Å². The van der Waals surface area contributed by atoms with E-state index in [1.807, 2.05) is 6.08 Å². The topological polar surface area (TPSA) is 4.93 Å². The predicted molar refractivity (Wildman–Crippen MR) is 91.8 cm³/mol. The van der Waals surface area contributed by atoms with Gasteiger partial charge in [0.05, 0.1) is 0 Å². The molecule has 0 unspecified atom stereocenters. The number of fused-ring (bicyclic) bond motifs is 1. The van der Waals surface area contributed by atoms with Crippen LogP contribution in [-0.2, 0) is 0 Å². The van der Waals surface area contributed by atoms with Crippen LogP contribution in [0.15, 0.2) is 67.3 Å². The van der Waals surface area contributed by atoms with Crippen molar-refractivity contribution >= 4 is 22.6 Å². The van der Waals surface area contributed by atoms with E-state index in [-0.39, 0.29) is 21.5 Å². The van der Waals surface area contributed by atoms with E-state index in [2.05, 4.69) is 81.9 Å². The third-order valence-corrected chi connectivity index (χ3v) is 5.84. The predicted octanol–water partition coefficient (Wildman–Crippen LogP) is 0.309. The second kappa shape index (κ2) is 6.53. The van der Waals surface area contributed by atoms with E-state index >= 15 is 0 Å². The van der Waals surface area contributed by atoms with Crippen molar-refractivity contribution in [3.05, 3.63) is 83.4 Å². The van der Waals surface area contributed by atoms with E-state index in [1.165, 1.54) is 32.6 Å². The summed E-state index contributed by atoms with van der Waals surface area (Å²) in [6.07, 6.45) is 4.03. The first-order valence-electron chi connectivity index (χ1n) is 7.26. The number of hydrogen-bond donors (Lipinski definition) is 0. The van der Waals surface area contributed by atoms with Crippen LogP contribution in [0.4, 0.5) is 0 Å².